The third kappa shape index (κ3) is 3.64. The quantitative estimate of drug-likeness (QED) is 0.920. The normalized spacial score (nSPS) is 9.86. The lowest BCUT2D eigenvalue weighted by Gasteiger charge is -2.24. The van der Waals surface area contributed by atoms with Gasteiger partial charge in [0.2, 0.25) is 5.91 Å². The maximum absolute atomic E-state index is 12.3. The van der Waals surface area contributed by atoms with Crippen molar-refractivity contribution in [3.05, 3.63) is 59.7 Å². The second-order valence-electron chi connectivity index (χ2n) is 5.01. The molecule has 0 bridgehead atoms. The largest absolute Gasteiger partial charge is 0.362 e. The molecule has 112 valence electrons. The van der Waals surface area contributed by atoms with Crippen molar-refractivity contribution in [2.24, 2.45) is 0 Å². The molecule has 0 aliphatic heterocycles. The molecule has 0 aliphatic rings. The Balaban J connectivity index is 2.11. The van der Waals surface area contributed by atoms with Crippen molar-refractivity contribution in [2.75, 3.05) is 23.3 Å². The number of anilines is 2. The third-order valence-corrected chi connectivity index (χ3v) is 3.49. The van der Waals surface area contributed by atoms with Crippen LogP contribution in [0.5, 0.6) is 0 Å². The Hall–Kier alpha value is -2.80. The van der Waals surface area contributed by atoms with Gasteiger partial charge < -0.3 is 10.2 Å². The van der Waals surface area contributed by atoms with Crippen molar-refractivity contribution in [2.45, 2.75) is 13.8 Å². The molecule has 4 heteroatoms. The van der Waals surface area contributed by atoms with Gasteiger partial charge in [-0.2, -0.15) is 5.26 Å². The average Bonchev–Trinajstić information content (AvgIpc) is 2.54. The van der Waals surface area contributed by atoms with Crippen LogP contribution in [0.25, 0.3) is 0 Å². The summed E-state index contributed by atoms with van der Waals surface area (Å²) in [7, 11) is 0. The van der Waals surface area contributed by atoms with E-state index in [2.05, 4.69) is 11.4 Å². The summed E-state index contributed by atoms with van der Waals surface area (Å²) in [6, 6.07) is 17.1. The average molecular weight is 293 g/mol. The number of hydrogen-bond donors (Lipinski definition) is 1. The van der Waals surface area contributed by atoms with Crippen LogP contribution in [-0.2, 0) is 4.79 Å². The van der Waals surface area contributed by atoms with E-state index in [1.165, 1.54) is 0 Å². The molecule has 0 radical (unpaired) electrons. The molecule has 2 aromatic carbocycles. The number of nitriles is 1. The molecule has 4 nitrogen and oxygen atoms in total. The molecule has 0 heterocycles. The first-order chi connectivity index (χ1) is 10.7. The minimum atomic E-state index is -0.132. The maximum Gasteiger partial charge on any atom is 0.243 e. The van der Waals surface area contributed by atoms with Gasteiger partial charge in [-0.25, -0.2) is 0 Å². The van der Waals surface area contributed by atoms with Gasteiger partial charge in [0.15, 0.2) is 0 Å². The summed E-state index contributed by atoms with van der Waals surface area (Å²) in [6.07, 6.45) is 0. The van der Waals surface area contributed by atoms with E-state index in [0.717, 1.165) is 17.8 Å². The van der Waals surface area contributed by atoms with Crippen LogP contribution in [0.4, 0.5) is 11.4 Å². The van der Waals surface area contributed by atoms with Crippen LogP contribution >= 0.6 is 0 Å². The van der Waals surface area contributed by atoms with Crippen LogP contribution in [0.1, 0.15) is 18.1 Å². The molecular formula is C18H19N3O. The van der Waals surface area contributed by atoms with Gasteiger partial charge in [0.1, 0.15) is 6.07 Å². The smallest absolute Gasteiger partial charge is 0.243 e. The highest BCUT2D eigenvalue weighted by molar-refractivity contribution is 5.95. The zero-order chi connectivity index (χ0) is 15.9. The number of likely N-dealkylation sites (N-methyl/N-ethyl adjacent to an activating group) is 1. The van der Waals surface area contributed by atoms with E-state index in [4.69, 9.17) is 5.26 Å². The Morgan fingerprint density at radius 1 is 1.18 bits per heavy atom. The topological polar surface area (TPSA) is 56.1 Å². The lowest BCUT2D eigenvalue weighted by atomic mass is 10.1. The number of benzene rings is 2. The number of rotatable bonds is 5. The van der Waals surface area contributed by atoms with Crippen molar-refractivity contribution in [1.29, 1.82) is 5.26 Å². The van der Waals surface area contributed by atoms with Gasteiger partial charge in [0, 0.05) is 12.2 Å². The highest BCUT2D eigenvalue weighted by Gasteiger charge is 2.13. The first-order valence-corrected chi connectivity index (χ1v) is 7.25. The lowest BCUT2D eigenvalue weighted by Crippen LogP contribution is -2.33. The molecule has 0 saturated heterocycles. The van der Waals surface area contributed by atoms with Crippen molar-refractivity contribution < 1.29 is 4.79 Å². The molecule has 0 spiro atoms. The minimum Gasteiger partial charge on any atom is -0.362 e. The Morgan fingerprint density at radius 3 is 2.55 bits per heavy atom. The number of carbonyl (C=O) groups excluding carboxylic acids is 1. The van der Waals surface area contributed by atoms with Crippen molar-refractivity contribution >= 4 is 17.3 Å². The Kier molecular flexibility index (Phi) is 5.16. The maximum atomic E-state index is 12.3. The van der Waals surface area contributed by atoms with E-state index in [-0.39, 0.29) is 12.5 Å². The molecule has 22 heavy (non-hydrogen) atoms. The van der Waals surface area contributed by atoms with E-state index < -0.39 is 0 Å². The molecule has 0 atom stereocenters. The second-order valence-corrected chi connectivity index (χ2v) is 5.01. The fourth-order valence-electron chi connectivity index (χ4n) is 2.34. The molecule has 0 saturated carbocycles. The molecule has 0 aromatic heterocycles. The van der Waals surface area contributed by atoms with E-state index in [0.29, 0.717) is 11.3 Å². The molecule has 0 fully saturated rings. The molecule has 2 aromatic rings. The van der Waals surface area contributed by atoms with Gasteiger partial charge in [-0.1, -0.05) is 30.3 Å². The van der Waals surface area contributed by atoms with Crippen LogP contribution in [0.2, 0.25) is 0 Å². The third-order valence-electron chi connectivity index (χ3n) is 3.49. The Morgan fingerprint density at radius 2 is 1.86 bits per heavy atom. The summed E-state index contributed by atoms with van der Waals surface area (Å²) < 4.78 is 0. The number of carbonyl (C=O) groups is 1. The van der Waals surface area contributed by atoms with Gasteiger partial charge in [0.25, 0.3) is 0 Å². The van der Waals surface area contributed by atoms with Gasteiger partial charge in [0.05, 0.1) is 17.8 Å². The SMILES string of the molecule is CCN(CC(=O)Nc1ccccc1C#N)c1ccccc1C. The Bertz CT molecular complexity index is 703. The van der Waals surface area contributed by atoms with E-state index >= 15 is 0 Å². The number of hydrogen-bond acceptors (Lipinski definition) is 3. The van der Waals surface area contributed by atoms with Crippen LogP contribution in [-0.4, -0.2) is 19.0 Å². The number of aryl methyl sites for hydroxylation is 1. The molecule has 2 rings (SSSR count). The number of amides is 1. The summed E-state index contributed by atoms with van der Waals surface area (Å²) in [5, 5.41) is 11.9. The molecule has 1 amide bonds. The van der Waals surface area contributed by atoms with Crippen molar-refractivity contribution in [1.82, 2.24) is 0 Å². The fraction of sp³-hybridized carbons (Fsp3) is 0.222. The van der Waals surface area contributed by atoms with Gasteiger partial charge >= 0.3 is 0 Å². The Labute approximate surface area is 131 Å². The second kappa shape index (κ2) is 7.28. The number of nitrogens with one attached hydrogen (secondary N) is 1. The van der Waals surface area contributed by atoms with Crippen LogP contribution in [0, 0.1) is 18.3 Å². The highest BCUT2D eigenvalue weighted by atomic mass is 16.2. The summed E-state index contributed by atoms with van der Waals surface area (Å²) in [5.74, 6) is -0.132. The molecule has 0 aliphatic carbocycles. The van der Waals surface area contributed by atoms with E-state index in [9.17, 15) is 4.79 Å². The van der Waals surface area contributed by atoms with Gasteiger partial charge in [-0.15, -0.1) is 0 Å². The predicted octanol–water partition coefficient (Wildman–Crippen LogP) is 3.33. The highest BCUT2D eigenvalue weighted by Crippen LogP contribution is 2.19. The minimum absolute atomic E-state index is 0.132. The van der Waals surface area contributed by atoms with E-state index in [1.807, 2.05) is 43.0 Å². The standard InChI is InChI=1S/C18H19N3O/c1-3-21(17-11-7-4-8-14(17)2)13-18(22)20-16-10-6-5-9-15(16)12-19/h4-11H,3,13H2,1-2H3,(H,20,22). The molecular weight excluding hydrogens is 274 g/mol. The molecule has 0 unspecified atom stereocenters. The number of nitrogens with zero attached hydrogens (tertiary/aromatic N) is 2. The summed E-state index contributed by atoms with van der Waals surface area (Å²) in [6.45, 7) is 5.03. The van der Waals surface area contributed by atoms with Gasteiger partial charge in [-0.3, -0.25) is 4.79 Å². The molecule has 1 N–H and O–H groups in total. The fourth-order valence-corrected chi connectivity index (χ4v) is 2.34. The van der Waals surface area contributed by atoms with Crippen LogP contribution in [0.3, 0.4) is 0 Å². The zero-order valence-corrected chi connectivity index (χ0v) is 12.8. The summed E-state index contributed by atoms with van der Waals surface area (Å²) >= 11 is 0. The summed E-state index contributed by atoms with van der Waals surface area (Å²) in [4.78, 5) is 14.3. The van der Waals surface area contributed by atoms with Crippen LogP contribution < -0.4 is 10.2 Å². The van der Waals surface area contributed by atoms with Crippen molar-refractivity contribution in [3.63, 3.8) is 0 Å². The predicted molar refractivity (Wildman–Crippen MR) is 88.9 cm³/mol. The number of para-hydroxylation sites is 2. The summed E-state index contributed by atoms with van der Waals surface area (Å²) in [5.41, 5.74) is 3.20. The zero-order valence-electron chi connectivity index (χ0n) is 12.8. The van der Waals surface area contributed by atoms with Crippen LogP contribution in [0.15, 0.2) is 48.5 Å². The first-order valence-electron chi connectivity index (χ1n) is 7.25. The lowest BCUT2D eigenvalue weighted by molar-refractivity contribution is -0.115. The monoisotopic (exact) mass is 293 g/mol. The van der Waals surface area contributed by atoms with E-state index in [1.54, 1.807) is 24.3 Å². The van der Waals surface area contributed by atoms with Gasteiger partial charge in [-0.05, 0) is 37.6 Å². The first kappa shape index (κ1) is 15.6. The van der Waals surface area contributed by atoms with Crippen molar-refractivity contribution in [3.8, 4) is 6.07 Å².